The van der Waals surface area contributed by atoms with E-state index < -0.39 is 5.60 Å². The summed E-state index contributed by atoms with van der Waals surface area (Å²) in [5.74, 6) is 0.736. The first kappa shape index (κ1) is 17.4. The van der Waals surface area contributed by atoms with Crippen molar-refractivity contribution in [3.05, 3.63) is 35.3 Å². The third kappa shape index (κ3) is 3.22. The predicted molar refractivity (Wildman–Crippen MR) is 95.6 cm³/mol. The maximum Gasteiger partial charge on any atom is 0.183 e. The van der Waals surface area contributed by atoms with Gasteiger partial charge in [-0.3, -0.25) is 9.48 Å². The maximum atomic E-state index is 12.3. The molecule has 0 fully saturated rings. The molecule has 2 aromatic heterocycles. The van der Waals surface area contributed by atoms with E-state index in [0.29, 0.717) is 18.7 Å². The van der Waals surface area contributed by atoms with Crippen LogP contribution >= 0.6 is 0 Å². The normalized spacial score (nSPS) is 12.1. The molecule has 0 amide bonds. The highest BCUT2D eigenvalue weighted by atomic mass is 16.5. The fraction of sp³-hybridized carbons (Fsp3) is 0.421. The Hall–Kier alpha value is -2.47. The van der Waals surface area contributed by atoms with Crippen LogP contribution in [0.25, 0.3) is 22.0 Å². The Morgan fingerprint density at radius 2 is 2.04 bits per heavy atom. The predicted octanol–water partition coefficient (Wildman–Crippen LogP) is 3.67. The average molecular weight is 341 g/mol. The number of carbonyl (C=O) groups is 1. The molecule has 3 aromatic rings. The Kier molecular flexibility index (Phi) is 4.24. The van der Waals surface area contributed by atoms with Crippen LogP contribution in [-0.2, 0) is 6.54 Å². The number of carbonyl (C=O) groups excluding carboxylic acids is 1. The number of Topliss-reactive ketones (excluding diaryl/α,β-unsaturated/α-hetero) is 1. The molecule has 0 unspecified atom stereocenters. The summed E-state index contributed by atoms with van der Waals surface area (Å²) in [5, 5.41) is 19.5. The van der Waals surface area contributed by atoms with E-state index in [-0.39, 0.29) is 5.78 Å². The first-order valence-electron chi connectivity index (χ1n) is 8.40. The molecule has 0 aliphatic carbocycles. The lowest BCUT2D eigenvalue weighted by Crippen LogP contribution is -2.26. The molecule has 1 aromatic carbocycles. The fourth-order valence-electron chi connectivity index (χ4n) is 3.08. The number of aryl methyl sites for hydroxylation is 2. The zero-order valence-corrected chi connectivity index (χ0v) is 15.3. The number of ketones is 1. The molecule has 0 aliphatic heterocycles. The monoisotopic (exact) mass is 341 g/mol. The molecule has 0 spiro atoms. The summed E-state index contributed by atoms with van der Waals surface area (Å²) < 4.78 is 6.98. The van der Waals surface area contributed by atoms with E-state index in [2.05, 4.69) is 10.3 Å². The number of aliphatic hydroxyl groups is 1. The molecule has 25 heavy (non-hydrogen) atoms. The minimum atomic E-state index is -0.940. The fourth-order valence-corrected chi connectivity index (χ4v) is 3.08. The lowest BCUT2D eigenvalue weighted by atomic mass is 10.0. The van der Waals surface area contributed by atoms with Crippen molar-refractivity contribution in [3.8, 4) is 11.1 Å². The van der Waals surface area contributed by atoms with Gasteiger partial charge in [-0.05, 0) is 45.4 Å². The van der Waals surface area contributed by atoms with E-state index in [1.165, 1.54) is 0 Å². The van der Waals surface area contributed by atoms with Crippen LogP contribution in [0.4, 0.5) is 0 Å². The van der Waals surface area contributed by atoms with Gasteiger partial charge < -0.3 is 9.63 Å². The molecule has 6 nitrogen and oxygen atoms in total. The number of benzene rings is 1. The van der Waals surface area contributed by atoms with Crippen LogP contribution in [0.3, 0.4) is 0 Å². The molecule has 0 bridgehead atoms. The van der Waals surface area contributed by atoms with E-state index in [9.17, 15) is 9.90 Å². The van der Waals surface area contributed by atoms with E-state index in [4.69, 9.17) is 4.52 Å². The van der Waals surface area contributed by atoms with Crippen molar-refractivity contribution in [3.63, 3.8) is 0 Å². The minimum absolute atomic E-state index is 0.00964. The SMILES string of the molecule is CCC(=O)c1nn(CC(C)(C)O)c2cc(-c3c(C)noc3C)ccc12. The van der Waals surface area contributed by atoms with Crippen LogP contribution in [0.1, 0.15) is 49.1 Å². The van der Waals surface area contributed by atoms with Gasteiger partial charge in [0, 0.05) is 17.4 Å². The highest BCUT2D eigenvalue weighted by Crippen LogP contribution is 2.31. The van der Waals surface area contributed by atoms with Crippen molar-refractivity contribution in [2.24, 2.45) is 0 Å². The quantitative estimate of drug-likeness (QED) is 0.716. The van der Waals surface area contributed by atoms with E-state index in [1.54, 1.807) is 18.5 Å². The first-order chi connectivity index (χ1) is 11.7. The summed E-state index contributed by atoms with van der Waals surface area (Å²) in [5.41, 5.74) is 3.04. The summed E-state index contributed by atoms with van der Waals surface area (Å²) in [6, 6.07) is 5.85. The second-order valence-corrected chi connectivity index (χ2v) is 7.03. The van der Waals surface area contributed by atoms with Crippen molar-refractivity contribution < 1.29 is 14.4 Å². The molecule has 2 heterocycles. The van der Waals surface area contributed by atoms with Crippen LogP contribution in [0.5, 0.6) is 0 Å². The highest BCUT2D eigenvalue weighted by Gasteiger charge is 2.22. The highest BCUT2D eigenvalue weighted by molar-refractivity contribution is 6.06. The minimum Gasteiger partial charge on any atom is -0.389 e. The molecule has 0 aliphatic rings. The lowest BCUT2D eigenvalue weighted by Gasteiger charge is -2.17. The number of nitrogens with zero attached hydrogens (tertiary/aromatic N) is 3. The van der Waals surface area contributed by atoms with Crippen molar-refractivity contribution in [1.29, 1.82) is 0 Å². The lowest BCUT2D eigenvalue weighted by molar-refractivity contribution is 0.0588. The molecule has 132 valence electrons. The molecule has 0 saturated heterocycles. The zero-order valence-electron chi connectivity index (χ0n) is 15.3. The van der Waals surface area contributed by atoms with E-state index in [0.717, 1.165) is 33.5 Å². The van der Waals surface area contributed by atoms with Crippen molar-refractivity contribution in [1.82, 2.24) is 14.9 Å². The summed E-state index contributed by atoms with van der Waals surface area (Å²) >= 11 is 0. The third-order valence-electron chi connectivity index (χ3n) is 4.20. The van der Waals surface area contributed by atoms with Crippen molar-refractivity contribution in [2.45, 2.75) is 53.2 Å². The summed E-state index contributed by atoms with van der Waals surface area (Å²) in [6.45, 7) is 9.34. The summed E-state index contributed by atoms with van der Waals surface area (Å²) in [6.07, 6.45) is 0.389. The van der Waals surface area contributed by atoms with Gasteiger partial charge >= 0.3 is 0 Å². The second-order valence-electron chi connectivity index (χ2n) is 7.03. The van der Waals surface area contributed by atoms with Gasteiger partial charge in [-0.15, -0.1) is 0 Å². The Bertz CT molecular complexity index is 925. The van der Waals surface area contributed by atoms with Gasteiger partial charge in [0.1, 0.15) is 11.5 Å². The Balaban J connectivity index is 2.23. The van der Waals surface area contributed by atoms with E-state index >= 15 is 0 Å². The number of rotatable bonds is 5. The summed E-state index contributed by atoms with van der Waals surface area (Å²) in [7, 11) is 0. The molecule has 3 rings (SSSR count). The number of aromatic nitrogens is 3. The molecular formula is C19H23N3O3. The smallest absolute Gasteiger partial charge is 0.183 e. The average Bonchev–Trinajstić information content (AvgIpc) is 3.05. The molecule has 1 N–H and O–H groups in total. The Morgan fingerprint density at radius 3 is 2.60 bits per heavy atom. The van der Waals surface area contributed by atoms with E-state index in [1.807, 2.05) is 39.0 Å². The van der Waals surface area contributed by atoms with Crippen LogP contribution in [-0.4, -0.2) is 31.4 Å². The number of fused-ring (bicyclic) bond motifs is 1. The number of hydrogen-bond donors (Lipinski definition) is 1. The maximum absolute atomic E-state index is 12.3. The van der Waals surface area contributed by atoms with Crippen LogP contribution in [0.15, 0.2) is 22.7 Å². The van der Waals surface area contributed by atoms with Crippen molar-refractivity contribution in [2.75, 3.05) is 0 Å². The van der Waals surface area contributed by atoms with Gasteiger partial charge in [0.25, 0.3) is 0 Å². The standard InChI is InChI=1S/C19H23N3O3/c1-6-16(23)18-14-8-7-13(17-11(2)21-25-12(17)3)9-15(14)22(20-18)10-19(4,5)24/h7-9,24H,6,10H2,1-5H3. The van der Waals surface area contributed by atoms with Gasteiger partial charge in [-0.25, -0.2) is 0 Å². The van der Waals surface area contributed by atoms with Crippen molar-refractivity contribution >= 4 is 16.7 Å². The van der Waals surface area contributed by atoms with Crippen LogP contribution < -0.4 is 0 Å². The first-order valence-corrected chi connectivity index (χ1v) is 8.40. The van der Waals surface area contributed by atoms with Gasteiger partial charge in [0.2, 0.25) is 0 Å². The van der Waals surface area contributed by atoms with Gasteiger partial charge in [-0.1, -0.05) is 18.1 Å². The molecular weight excluding hydrogens is 318 g/mol. The van der Waals surface area contributed by atoms with Gasteiger partial charge in [-0.2, -0.15) is 5.10 Å². The van der Waals surface area contributed by atoms with Crippen LogP contribution in [0, 0.1) is 13.8 Å². The molecule has 0 atom stereocenters. The number of hydrogen-bond acceptors (Lipinski definition) is 5. The topological polar surface area (TPSA) is 81.2 Å². The molecule has 6 heteroatoms. The van der Waals surface area contributed by atoms with Crippen LogP contribution in [0.2, 0.25) is 0 Å². The molecule has 0 radical (unpaired) electrons. The van der Waals surface area contributed by atoms with Gasteiger partial charge in [0.15, 0.2) is 5.78 Å². The zero-order chi connectivity index (χ0) is 18.4. The van der Waals surface area contributed by atoms with Gasteiger partial charge in [0.05, 0.1) is 23.4 Å². The largest absolute Gasteiger partial charge is 0.389 e. The molecule has 0 saturated carbocycles. The summed E-state index contributed by atoms with van der Waals surface area (Å²) in [4.78, 5) is 12.3. The Morgan fingerprint density at radius 1 is 1.32 bits per heavy atom. The third-order valence-corrected chi connectivity index (χ3v) is 4.20. The second kappa shape index (κ2) is 6.11. The Labute approximate surface area is 146 Å².